The van der Waals surface area contributed by atoms with E-state index in [1.54, 1.807) is 0 Å². The third-order valence-corrected chi connectivity index (χ3v) is 5.41. The maximum absolute atomic E-state index is 6.25. The quantitative estimate of drug-likeness (QED) is 0.849. The van der Waals surface area contributed by atoms with Crippen molar-refractivity contribution in [3.63, 3.8) is 0 Å². The standard InChI is InChI=1S/C16H19Cl2N3/c1-21-16(9-5-10(17)7-11(18)6-9)13-8-12-3-2-4-14(19-12)15(13)20-21/h5,7,9,12,14,19H,2-4,6,8H2,1H3. The second kappa shape index (κ2) is 5.15. The highest BCUT2D eigenvalue weighted by atomic mass is 35.5. The Morgan fingerprint density at radius 1 is 1.29 bits per heavy atom. The lowest BCUT2D eigenvalue weighted by Gasteiger charge is -2.35. The average Bonchev–Trinajstić information content (AvgIpc) is 2.74. The molecule has 0 spiro atoms. The Hall–Kier alpha value is -0.770. The second-order valence-corrected chi connectivity index (χ2v) is 7.30. The van der Waals surface area contributed by atoms with Crippen molar-refractivity contribution in [3.05, 3.63) is 39.2 Å². The van der Waals surface area contributed by atoms with E-state index in [2.05, 4.69) is 11.4 Å². The topological polar surface area (TPSA) is 29.9 Å². The van der Waals surface area contributed by atoms with Crippen molar-refractivity contribution in [2.45, 2.75) is 50.1 Å². The summed E-state index contributed by atoms with van der Waals surface area (Å²) in [6.45, 7) is 0. The van der Waals surface area contributed by atoms with Crippen LogP contribution in [0.5, 0.6) is 0 Å². The average molecular weight is 324 g/mol. The summed E-state index contributed by atoms with van der Waals surface area (Å²) in [6.07, 6.45) is 9.64. The van der Waals surface area contributed by atoms with Gasteiger partial charge in [-0.2, -0.15) is 5.10 Å². The normalized spacial score (nSPS) is 31.5. The molecule has 3 aliphatic rings. The fourth-order valence-corrected chi connectivity index (χ4v) is 4.71. The zero-order valence-electron chi connectivity index (χ0n) is 12.1. The lowest BCUT2D eigenvalue weighted by Crippen LogP contribution is -2.42. The van der Waals surface area contributed by atoms with Crippen LogP contribution in [0.2, 0.25) is 0 Å². The highest BCUT2D eigenvalue weighted by Gasteiger charge is 2.36. The van der Waals surface area contributed by atoms with Crippen molar-refractivity contribution in [2.24, 2.45) is 7.05 Å². The molecule has 21 heavy (non-hydrogen) atoms. The molecule has 2 aliphatic heterocycles. The smallest absolute Gasteiger partial charge is 0.0829 e. The number of hydrogen-bond acceptors (Lipinski definition) is 2. The number of nitrogens with zero attached hydrogens (tertiary/aromatic N) is 2. The zero-order valence-corrected chi connectivity index (χ0v) is 13.6. The maximum Gasteiger partial charge on any atom is 0.0829 e. The third-order valence-electron chi connectivity index (χ3n) is 4.91. The van der Waals surface area contributed by atoms with Gasteiger partial charge in [0.05, 0.1) is 11.7 Å². The van der Waals surface area contributed by atoms with Crippen LogP contribution in [0.15, 0.2) is 22.2 Å². The van der Waals surface area contributed by atoms with Crippen LogP contribution < -0.4 is 5.32 Å². The highest BCUT2D eigenvalue weighted by molar-refractivity contribution is 6.35. The van der Waals surface area contributed by atoms with Crippen molar-refractivity contribution in [1.29, 1.82) is 0 Å². The minimum atomic E-state index is 0.245. The van der Waals surface area contributed by atoms with Gasteiger partial charge < -0.3 is 5.32 Å². The number of fused-ring (bicyclic) bond motifs is 4. The van der Waals surface area contributed by atoms with E-state index in [1.165, 1.54) is 36.2 Å². The Morgan fingerprint density at radius 2 is 2.14 bits per heavy atom. The van der Waals surface area contributed by atoms with Gasteiger partial charge in [-0.25, -0.2) is 0 Å². The van der Waals surface area contributed by atoms with Gasteiger partial charge >= 0.3 is 0 Å². The number of aromatic nitrogens is 2. The Labute approximate surface area is 135 Å². The van der Waals surface area contributed by atoms with Crippen LogP contribution >= 0.6 is 23.2 Å². The van der Waals surface area contributed by atoms with Crippen LogP contribution in [-0.4, -0.2) is 15.8 Å². The molecule has 0 radical (unpaired) electrons. The molecule has 1 aliphatic carbocycles. The lowest BCUT2D eigenvalue weighted by atomic mass is 9.82. The van der Waals surface area contributed by atoms with E-state index in [9.17, 15) is 0 Å². The van der Waals surface area contributed by atoms with Crippen molar-refractivity contribution in [2.75, 3.05) is 0 Å². The van der Waals surface area contributed by atoms with Crippen LogP contribution in [0.4, 0.5) is 0 Å². The monoisotopic (exact) mass is 323 g/mol. The number of nitrogens with one attached hydrogen (secondary N) is 1. The number of aryl methyl sites for hydroxylation is 1. The number of rotatable bonds is 1. The summed E-state index contributed by atoms with van der Waals surface area (Å²) in [4.78, 5) is 0. The third kappa shape index (κ3) is 2.36. The summed E-state index contributed by atoms with van der Waals surface area (Å²) < 4.78 is 2.05. The maximum atomic E-state index is 6.25. The summed E-state index contributed by atoms with van der Waals surface area (Å²) in [5, 5.41) is 10.1. The van der Waals surface area contributed by atoms with Crippen LogP contribution in [-0.2, 0) is 13.5 Å². The molecule has 3 heterocycles. The van der Waals surface area contributed by atoms with Crippen LogP contribution in [0.3, 0.4) is 0 Å². The SMILES string of the molecule is Cn1nc2c(c1C1C=C(Cl)C=C(Cl)C1)CC1CCCC2N1. The van der Waals surface area contributed by atoms with Crippen molar-refractivity contribution >= 4 is 23.2 Å². The summed E-state index contributed by atoms with van der Waals surface area (Å²) in [7, 11) is 2.05. The Kier molecular flexibility index (Phi) is 3.40. The molecule has 3 atom stereocenters. The van der Waals surface area contributed by atoms with E-state index in [0.29, 0.717) is 12.1 Å². The molecule has 2 bridgehead atoms. The molecule has 1 saturated heterocycles. The molecule has 0 amide bonds. The van der Waals surface area contributed by atoms with Gasteiger partial charge in [-0.15, -0.1) is 0 Å². The van der Waals surface area contributed by atoms with Gasteiger partial charge in [-0.3, -0.25) is 4.68 Å². The zero-order chi connectivity index (χ0) is 14.6. The fourth-order valence-electron chi connectivity index (χ4n) is 4.09. The minimum Gasteiger partial charge on any atom is -0.305 e. The van der Waals surface area contributed by atoms with Crippen molar-refractivity contribution in [1.82, 2.24) is 15.1 Å². The van der Waals surface area contributed by atoms with E-state index < -0.39 is 0 Å². The van der Waals surface area contributed by atoms with Crippen LogP contribution in [0.25, 0.3) is 0 Å². The van der Waals surface area contributed by atoms with Gasteiger partial charge in [0.25, 0.3) is 0 Å². The summed E-state index contributed by atoms with van der Waals surface area (Å²) >= 11 is 12.5. The highest BCUT2D eigenvalue weighted by Crippen LogP contribution is 2.41. The Balaban J connectivity index is 1.77. The van der Waals surface area contributed by atoms with Gasteiger partial charge in [-0.05, 0) is 38.2 Å². The molecule has 1 N–H and O–H groups in total. The van der Waals surface area contributed by atoms with Gasteiger partial charge in [0.2, 0.25) is 0 Å². The van der Waals surface area contributed by atoms with E-state index in [1.807, 2.05) is 17.8 Å². The first-order chi connectivity index (χ1) is 10.1. The number of halogens is 2. The van der Waals surface area contributed by atoms with Crippen molar-refractivity contribution in [3.8, 4) is 0 Å². The first-order valence-electron chi connectivity index (χ1n) is 7.67. The van der Waals surface area contributed by atoms with E-state index in [4.69, 9.17) is 28.3 Å². The molecule has 0 saturated carbocycles. The molecule has 1 aromatic heterocycles. The van der Waals surface area contributed by atoms with E-state index >= 15 is 0 Å². The van der Waals surface area contributed by atoms with E-state index in [-0.39, 0.29) is 5.92 Å². The summed E-state index contributed by atoms with van der Waals surface area (Å²) in [6, 6.07) is 1.04. The van der Waals surface area contributed by atoms with Gasteiger partial charge in [0.15, 0.2) is 0 Å². The minimum absolute atomic E-state index is 0.245. The first-order valence-corrected chi connectivity index (χ1v) is 8.42. The van der Waals surface area contributed by atoms with E-state index in [0.717, 1.165) is 22.9 Å². The number of piperidine rings is 1. The summed E-state index contributed by atoms with van der Waals surface area (Å²) in [5.74, 6) is 0.245. The van der Waals surface area contributed by atoms with Gasteiger partial charge in [0, 0.05) is 40.3 Å². The molecule has 0 aromatic carbocycles. The molecule has 3 nitrogen and oxygen atoms in total. The predicted molar refractivity (Wildman–Crippen MR) is 85.7 cm³/mol. The molecule has 112 valence electrons. The van der Waals surface area contributed by atoms with Gasteiger partial charge in [0.1, 0.15) is 0 Å². The fraction of sp³-hybridized carbons (Fsp3) is 0.562. The van der Waals surface area contributed by atoms with Crippen molar-refractivity contribution < 1.29 is 0 Å². The lowest BCUT2D eigenvalue weighted by molar-refractivity contribution is 0.297. The number of allylic oxidation sites excluding steroid dienone is 4. The van der Waals surface area contributed by atoms with Gasteiger partial charge in [-0.1, -0.05) is 29.3 Å². The first kappa shape index (κ1) is 13.9. The molecule has 1 aromatic rings. The molecule has 4 rings (SSSR count). The largest absolute Gasteiger partial charge is 0.305 e. The Morgan fingerprint density at radius 3 is 2.95 bits per heavy atom. The van der Waals surface area contributed by atoms with Crippen LogP contribution in [0, 0.1) is 0 Å². The molecular weight excluding hydrogens is 305 g/mol. The second-order valence-electron chi connectivity index (χ2n) is 6.38. The molecule has 3 unspecified atom stereocenters. The van der Waals surface area contributed by atoms with Crippen LogP contribution in [0.1, 0.15) is 54.6 Å². The number of hydrogen-bond donors (Lipinski definition) is 1. The molecule has 5 heteroatoms. The predicted octanol–water partition coefficient (Wildman–Crippen LogP) is 3.89. The summed E-state index contributed by atoms with van der Waals surface area (Å²) in [5.41, 5.74) is 3.98. The molecule has 1 fully saturated rings. The Bertz CT molecular complexity index is 644. The molecular formula is C16H19Cl2N3.